The number of thiazole rings is 1. The van der Waals surface area contributed by atoms with Gasteiger partial charge in [-0.25, -0.2) is 4.98 Å². The van der Waals surface area contributed by atoms with Gasteiger partial charge in [0.25, 0.3) is 0 Å². The lowest BCUT2D eigenvalue weighted by atomic mass is 10.2. The van der Waals surface area contributed by atoms with E-state index >= 15 is 0 Å². The van der Waals surface area contributed by atoms with Crippen molar-refractivity contribution in [2.75, 3.05) is 38.1 Å². The number of hydrogen-bond acceptors (Lipinski definition) is 5. The quantitative estimate of drug-likeness (QED) is 0.605. The summed E-state index contributed by atoms with van der Waals surface area (Å²) < 4.78 is 0. The van der Waals surface area contributed by atoms with Crippen molar-refractivity contribution in [2.24, 2.45) is 0 Å². The summed E-state index contributed by atoms with van der Waals surface area (Å²) in [7, 11) is 1.86. The lowest BCUT2D eigenvalue weighted by Crippen LogP contribution is -2.53. The molecule has 0 radical (unpaired) electrons. The summed E-state index contributed by atoms with van der Waals surface area (Å²) >= 11 is 1.70. The lowest BCUT2D eigenvalue weighted by Gasteiger charge is -2.38. The smallest absolute Gasteiger partial charge is 0.243 e. The van der Waals surface area contributed by atoms with E-state index in [-0.39, 0.29) is 11.9 Å². The Morgan fingerprint density at radius 2 is 1.67 bits per heavy atom. The molecule has 3 aromatic rings. The lowest BCUT2D eigenvalue weighted by molar-refractivity contribution is -0.123. The molecule has 0 N–H and O–H groups in total. The first-order chi connectivity index (χ1) is 14.6. The van der Waals surface area contributed by atoms with Crippen LogP contribution in [-0.2, 0) is 11.3 Å². The summed E-state index contributed by atoms with van der Waals surface area (Å²) in [6.07, 6.45) is 0. The maximum atomic E-state index is 12.9. The van der Waals surface area contributed by atoms with E-state index in [0.29, 0.717) is 0 Å². The van der Waals surface area contributed by atoms with Gasteiger partial charge in [0.05, 0.1) is 11.7 Å². The van der Waals surface area contributed by atoms with E-state index in [4.69, 9.17) is 4.98 Å². The molecule has 156 valence electrons. The van der Waals surface area contributed by atoms with Crippen molar-refractivity contribution in [3.8, 4) is 10.6 Å². The van der Waals surface area contributed by atoms with Crippen molar-refractivity contribution in [2.45, 2.75) is 19.5 Å². The number of piperazine rings is 1. The highest BCUT2D eigenvalue weighted by Crippen LogP contribution is 2.24. The third-order valence-electron chi connectivity index (χ3n) is 5.74. The number of likely N-dealkylation sites (N-methyl/N-ethyl adjacent to an activating group) is 1. The first kappa shape index (κ1) is 20.7. The summed E-state index contributed by atoms with van der Waals surface area (Å²) in [6, 6.07) is 20.0. The largest absolute Gasteiger partial charge is 0.314 e. The molecule has 6 heteroatoms. The number of carbonyl (C=O) groups excluding carboxylic acids is 1. The van der Waals surface area contributed by atoms with Gasteiger partial charge in [-0.1, -0.05) is 48.5 Å². The van der Waals surface area contributed by atoms with Crippen LogP contribution in [0.5, 0.6) is 0 Å². The van der Waals surface area contributed by atoms with E-state index in [2.05, 4.69) is 27.3 Å². The average molecular weight is 421 g/mol. The first-order valence-corrected chi connectivity index (χ1v) is 11.3. The van der Waals surface area contributed by atoms with E-state index < -0.39 is 0 Å². The minimum absolute atomic E-state index is 0.124. The fraction of sp³-hybridized carbons (Fsp3) is 0.333. The summed E-state index contributed by atoms with van der Waals surface area (Å²) in [5.41, 5.74) is 3.24. The van der Waals surface area contributed by atoms with E-state index in [9.17, 15) is 4.79 Å². The van der Waals surface area contributed by atoms with Gasteiger partial charge in [0.1, 0.15) is 5.01 Å². The van der Waals surface area contributed by atoms with Crippen molar-refractivity contribution in [3.05, 3.63) is 71.7 Å². The molecule has 0 aliphatic carbocycles. The van der Waals surface area contributed by atoms with Crippen LogP contribution in [0, 0.1) is 0 Å². The second-order valence-corrected chi connectivity index (χ2v) is 8.59. The summed E-state index contributed by atoms with van der Waals surface area (Å²) in [6.45, 7) is 6.57. The fourth-order valence-electron chi connectivity index (χ4n) is 3.85. The van der Waals surface area contributed by atoms with E-state index in [1.807, 2.05) is 62.5 Å². The zero-order valence-corrected chi connectivity index (χ0v) is 18.4. The minimum Gasteiger partial charge on any atom is -0.314 e. The molecule has 0 saturated carbocycles. The molecule has 2 heterocycles. The second kappa shape index (κ2) is 9.51. The molecule has 0 bridgehead atoms. The van der Waals surface area contributed by atoms with E-state index in [0.717, 1.165) is 49.1 Å². The van der Waals surface area contributed by atoms with Crippen molar-refractivity contribution < 1.29 is 4.79 Å². The van der Waals surface area contributed by atoms with Gasteiger partial charge in [0.15, 0.2) is 0 Å². The number of amides is 1. The third kappa shape index (κ3) is 4.78. The maximum Gasteiger partial charge on any atom is 0.243 e. The molecule has 0 spiro atoms. The molecule has 30 heavy (non-hydrogen) atoms. The minimum atomic E-state index is -0.124. The van der Waals surface area contributed by atoms with Crippen LogP contribution in [0.15, 0.2) is 66.0 Å². The van der Waals surface area contributed by atoms with E-state index in [1.54, 1.807) is 16.2 Å². The Bertz CT molecular complexity index is 952. The fourth-order valence-corrected chi connectivity index (χ4v) is 4.66. The molecule has 1 aliphatic rings. The summed E-state index contributed by atoms with van der Waals surface area (Å²) in [5.74, 6) is 0.140. The van der Waals surface area contributed by atoms with E-state index in [1.165, 1.54) is 5.56 Å². The second-order valence-electron chi connectivity index (χ2n) is 7.73. The van der Waals surface area contributed by atoms with Gasteiger partial charge in [-0.2, -0.15) is 0 Å². The molecule has 1 saturated heterocycles. The molecule has 1 aromatic heterocycles. The van der Waals surface area contributed by atoms with Crippen LogP contribution in [0.4, 0.5) is 5.69 Å². The third-order valence-corrected chi connectivity index (χ3v) is 6.68. The predicted molar refractivity (Wildman–Crippen MR) is 124 cm³/mol. The first-order valence-electron chi connectivity index (χ1n) is 10.4. The summed E-state index contributed by atoms with van der Waals surface area (Å²) in [4.78, 5) is 24.2. The van der Waals surface area contributed by atoms with Gasteiger partial charge in [0, 0.05) is 56.4 Å². The number of carbonyl (C=O) groups is 1. The van der Waals surface area contributed by atoms with Gasteiger partial charge in [-0.05, 0) is 19.1 Å². The number of hydrogen-bond donors (Lipinski definition) is 0. The molecule has 1 fully saturated rings. The van der Waals surface area contributed by atoms with Crippen LogP contribution in [0.25, 0.3) is 10.6 Å². The summed E-state index contributed by atoms with van der Waals surface area (Å²) in [5, 5.41) is 3.24. The van der Waals surface area contributed by atoms with Crippen molar-refractivity contribution >= 4 is 22.9 Å². The Balaban J connectivity index is 1.30. The Morgan fingerprint density at radius 3 is 2.33 bits per heavy atom. The number of nitrogens with zero attached hydrogens (tertiary/aromatic N) is 4. The highest BCUT2D eigenvalue weighted by atomic mass is 32.1. The predicted octanol–water partition coefficient (Wildman–Crippen LogP) is 3.98. The number of benzene rings is 2. The Labute approximate surface area is 182 Å². The van der Waals surface area contributed by atoms with Gasteiger partial charge in [0.2, 0.25) is 5.91 Å². The van der Waals surface area contributed by atoms with Crippen molar-refractivity contribution in [3.63, 3.8) is 0 Å². The van der Waals surface area contributed by atoms with Gasteiger partial charge >= 0.3 is 0 Å². The molecular weight excluding hydrogens is 392 g/mol. The molecule has 4 rings (SSSR count). The zero-order valence-electron chi connectivity index (χ0n) is 17.6. The van der Waals surface area contributed by atoms with Crippen LogP contribution < -0.4 is 4.90 Å². The zero-order chi connectivity index (χ0) is 20.9. The van der Waals surface area contributed by atoms with Crippen LogP contribution in [0.3, 0.4) is 0 Å². The van der Waals surface area contributed by atoms with Crippen LogP contribution in [0.2, 0.25) is 0 Å². The standard InChI is InChI=1S/C24H28N4OS/c1-19(24(29)26(2)22-11-7-4-8-12-22)28-15-13-27(14-16-28)17-21-18-30-23(25-21)20-9-5-3-6-10-20/h3-12,18-19H,13-17H2,1-2H3. The maximum absolute atomic E-state index is 12.9. The Hall–Kier alpha value is -2.54. The van der Waals surface area contributed by atoms with Crippen LogP contribution in [0.1, 0.15) is 12.6 Å². The van der Waals surface area contributed by atoms with Crippen molar-refractivity contribution in [1.82, 2.24) is 14.8 Å². The Kier molecular flexibility index (Phi) is 6.57. The van der Waals surface area contributed by atoms with Gasteiger partial charge < -0.3 is 4.90 Å². The normalized spacial score (nSPS) is 16.3. The number of anilines is 1. The SMILES string of the molecule is CC(C(=O)N(C)c1ccccc1)N1CCN(Cc2csc(-c3ccccc3)n2)CC1. The van der Waals surface area contributed by atoms with Gasteiger partial charge in [-0.3, -0.25) is 14.6 Å². The van der Waals surface area contributed by atoms with Crippen LogP contribution >= 0.6 is 11.3 Å². The van der Waals surface area contributed by atoms with Gasteiger partial charge in [-0.15, -0.1) is 11.3 Å². The monoisotopic (exact) mass is 420 g/mol. The molecule has 5 nitrogen and oxygen atoms in total. The molecule has 1 aliphatic heterocycles. The average Bonchev–Trinajstić information content (AvgIpc) is 3.28. The molecular formula is C24H28N4OS. The topological polar surface area (TPSA) is 39.7 Å². The number of rotatable bonds is 6. The van der Waals surface area contributed by atoms with Crippen LogP contribution in [-0.4, -0.2) is 60.0 Å². The highest BCUT2D eigenvalue weighted by molar-refractivity contribution is 7.13. The molecule has 2 aromatic carbocycles. The number of para-hydroxylation sites is 1. The highest BCUT2D eigenvalue weighted by Gasteiger charge is 2.28. The van der Waals surface area contributed by atoms with Crippen molar-refractivity contribution in [1.29, 1.82) is 0 Å². The Morgan fingerprint density at radius 1 is 1.03 bits per heavy atom. The molecule has 1 unspecified atom stereocenters. The number of aromatic nitrogens is 1. The molecule has 1 amide bonds. The molecule has 1 atom stereocenters.